The van der Waals surface area contributed by atoms with Crippen molar-refractivity contribution >= 4 is 11.9 Å². The normalized spacial score (nSPS) is 21.3. The summed E-state index contributed by atoms with van der Waals surface area (Å²) in [4.78, 5) is 34.0. The minimum atomic E-state index is -0.375. The second-order valence-corrected chi connectivity index (χ2v) is 10.4. The average molecular weight is 485 g/mol. The summed E-state index contributed by atoms with van der Waals surface area (Å²) in [5.74, 6) is 6.59. The van der Waals surface area contributed by atoms with Crippen molar-refractivity contribution in [1.29, 1.82) is 0 Å². The number of ether oxygens (including phenoxy) is 1. The van der Waals surface area contributed by atoms with Gasteiger partial charge in [0.25, 0.3) is 5.91 Å². The summed E-state index contributed by atoms with van der Waals surface area (Å²) in [6.07, 6.45) is 6.34. The molecule has 0 spiro atoms. The van der Waals surface area contributed by atoms with E-state index in [1.165, 1.54) is 0 Å². The standard InChI is InChI=1S/C27H40N4O4/c1-18(2)9-8-10-21-13-23-25(28-14-21)35-24(19(3)15-31(26(23)33)20(4)17-32)16-30(5)27(34)29-22-11-6-7-12-22/h13-14,18-20,22,24,32H,6-7,9,11-12,15-17H2,1-5H3,(H,29,34)/t19-,20+,24+/m0/s1. The van der Waals surface area contributed by atoms with Crippen molar-refractivity contribution in [2.75, 3.05) is 26.7 Å². The van der Waals surface area contributed by atoms with Gasteiger partial charge in [-0.25, -0.2) is 9.78 Å². The summed E-state index contributed by atoms with van der Waals surface area (Å²) < 4.78 is 6.28. The van der Waals surface area contributed by atoms with Gasteiger partial charge in [-0.2, -0.15) is 0 Å². The van der Waals surface area contributed by atoms with Crippen LogP contribution in [0.15, 0.2) is 12.3 Å². The summed E-state index contributed by atoms with van der Waals surface area (Å²) in [5, 5.41) is 12.9. The van der Waals surface area contributed by atoms with Gasteiger partial charge in [0.2, 0.25) is 5.88 Å². The number of nitrogens with zero attached hydrogens (tertiary/aromatic N) is 3. The SMILES string of the molecule is CC(C)CC#Cc1cnc2c(c1)C(=O)N([C@H](C)CO)C[C@H](C)[C@@H](CN(C)C(=O)NC1CCCC1)O2. The van der Waals surface area contributed by atoms with Crippen LogP contribution in [0.4, 0.5) is 4.79 Å². The number of carbonyl (C=O) groups excluding carboxylic acids is 2. The van der Waals surface area contributed by atoms with Crippen molar-refractivity contribution in [2.24, 2.45) is 11.8 Å². The number of hydrogen-bond acceptors (Lipinski definition) is 5. The Kier molecular flexibility index (Phi) is 9.39. The number of aliphatic hydroxyl groups excluding tert-OH is 1. The molecular weight excluding hydrogens is 444 g/mol. The lowest BCUT2D eigenvalue weighted by atomic mass is 10.00. The van der Waals surface area contributed by atoms with Gasteiger partial charge in [-0.05, 0) is 31.7 Å². The molecule has 8 nitrogen and oxygen atoms in total. The number of hydrogen-bond donors (Lipinski definition) is 2. The highest BCUT2D eigenvalue weighted by Crippen LogP contribution is 2.27. The van der Waals surface area contributed by atoms with Gasteiger partial charge in [0.15, 0.2) is 0 Å². The van der Waals surface area contributed by atoms with Crippen LogP contribution >= 0.6 is 0 Å². The number of pyridine rings is 1. The molecule has 1 fully saturated rings. The average Bonchev–Trinajstić information content (AvgIpc) is 3.33. The first-order valence-corrected chi connectivity index (χ1v) is 12.8. The molecule has 35 heavy (non-hydrogen) atoms. The minimum Gasteiger partial charge on any atom is -0.472 e. The Labute approximate surface area is 209 Å². The van der Waals surface area contributed by atoms with Crippen molar-refractivity contribution in [3.63, 3.8) is 0 Å². The zero-order valence-electron chi connectivity index (χ0n) is 21.7. The van der Waals surface area contributed by atoms with Gasteiger partial charge >= 0.3 is 6.03 Å². The minimum absolute atomic E-state index is 0.0878. The molecule has 3 rings (SSSR count). The maximum absolute atomic E-state index is 13.5. The first-order valence-electron chi connectivity index (χ1n) is 12.8. The van der Waals surface area contributed by atoms with Crippen molar-refractivity contribution in [3.05, 3.63) is 23.4 Å². The maximum Gasteiger partial charge on any atom is 0.317 e. The lowest BCUT2D eigenvalue weighted by Crippen LogP contribution is -2.52. The van der Waals surface area contributed by atoms with Crippen LogP contribution in [0, 0.1) is 23.7 Å². The third-order valence-electron chi connectivity index (χ3n) is 6.75. The van der Waals surface area contributed by atoms with Crippen molar-refractivity contribution < 1.29 is 19.4 Å². The fourth-order valence-electron chi connectivity index (χ4n) is 4.45. The molecule has 1 aliphatic carbocycles. The molecule has 3 atom stereocenters. The first-order chi connectivity index (χ1) is 16.7. The third kappa shape index (κ3) is 7.11. The van der Waals surface area contributed by atoms with E-state index in [4.69, 9.17) is 4.74 Å². The van der Waals surface area contributed by atoms with E-state index in [-0.39, 0.29) is 48.5 Å². The van der Waals surface area contributed by atoms with Crippen LogP contribution in [0.2, 0.25) is 0 Å². The largest absolute Gasteiger partial charge is 0.472 e. The van der Waals surface area contributed by atoms with E-state index < -0.39 is 0 Å². The molecule has 192 valence electrons. The molecule has 1 saturated carbocycles. The zero-order chi connectivity index (χ0) is 25.5. The van der Waals surface area contributed by atoms with Crippen LogP contribution in [-0.4, -0.2) is 76.8 Å². The monoisotopic (exact) mass is 484 g/mol. The number of rotatable bonds is 6. The Morgan fingerprint density at radius 3 is 2.71 bits per heavy atom. The van der Waals surface area contributed by atoms with Gasteiger partial charge < -0.3 is 25.0 Å². The topological polar surface area (TPSA) is 95.0 Å². The van der Waals surface area contributed by atoms with Gasteiger partial charge in [0.1, 0.15) is 11.7 Å². The molecule has 0 saturated heterocycles. The molecule has 0 radical (unpaired) electrons. The second kappa shape index (κ2) is 12.3. The molecule has 8 heteroatoms. The highest BCUT2D eigenvalue weighted by atomic mass is 16.5. The van der Waals surface area contributed by atoms with Crippen LogP contribution in [0.5, 0.6) is 5.88 Å². The smallest absolute Gasteiger partial charge is 0.317 e. The number of likely N-dealkylation sites (N-methyl/N-ethyl adjacent to an activating group) is 1. The summed E-state index contributed by atoms with van der Waals surface area (Å²) in [7, 11) is 1.76. The Hall–Kier alpha value is -2.79. The predicted molar refractivity (Wildman–Crippen MR) is 135 cm³/mol. The maximum atomic E-state index is 13.5. The number of aliphatic hydroxyl groups is 1. The second-order valence-electron chi connectivity index (χ2n) is 10.4. The van der Waals surface area contributed by atoms with Gasteiger partial charge in [0.05, 0.1) is 19.2 Å². The fraction of sp³-hybridized carbons (Fsp3) is 0.667. The highest BCUT2D eigenvalue weighted by Gasteiger charge is 2.35. The van der Waals surface area contributed by atoms with Crippen LogP contribution in [0.25, 0.3) is 0 Å². The van der Waals surface area contributed by atoms with E-state index in [9.17, 15) is 14.7 Å². The highest BCUT2D eigenvalue weighted by molar-refractivity contribution is 5.97. The van der Waals surface area contributed by atoms with Gasteiger partial charge in [-0.3, -0.25) is 4.79 Å². The summed E-state index contributed by atoms with van der Waals surface area (Å²) in [6, 6.07) is 1.47. The van der Waals surface area contributed by atoms with Gasteiger partial charge in [-0.15, -0.1) is 0 Å². The summed E-state index contributed by atoms with van der Waals surface area (Å²) >= 11 is 0. The van der Waals surface area contributed by atoms with E-state index in [2.05, 4.69) is 36.0 Å². The van der Waals surface area contributed by atoms with E-state index in [0.29, 0.717) is 30.1 Å². The van der Waals surface area contributed by atoms with Crippen molar-refractivity contribution in [1.82, 2.24) is 20.1 Å². The lowest BCUT2D eigenvalue weighted by molar-refractivity contribution is 0.0351. The summed E-state index contributed by atoms with van der Waals surface area (Å²) in [6.45, 7) is 8.62. The number of carbonyl (C=O) groups is 2. The molecule has 0 aromatic carbocycles. The first kappa shape index (κ1) is 26.8. The molecule has 2 aliphatic rings. The molecule has 0 unspecified atom stereocenters. The molecule has 1 aromatic heterocycles. The molecular formula is C27H40N4O4. The molecule has 0 bridgehead atoms. The molecule has 2 heterocycles. The van der Waals surface area contributed by atoms with E-state index in [1.807, 2.05) is 13.8 Å². The quantitative estimate of drug-likeness (QED) is 0.605. The Morgan fingerprint density at radius 1 is 1.34 bits per heavy atom. The van der Waals surface area contributed by atoms with Gasteiger partial charge in [0, 0.05) is 43.7 Å². The molecule has 1 aromatic rings. The van der Waals surface area contributed by atoms with Crippen LogP contribution in [0.3, 0.4) is 0 Å². The molecule has 1 aliphatic heterocycles. The number of amides is 3. The van der Waals surface area contributed by atoms with Gasteiger partial charge in [-0.1, -0.05) is 45.5 Å². The Balaban J connectivity index is 1.85. The molecule has 2 N–H and O–H groups in total. The van der Waals surface area contributed by atoms with Crippen LogP contribution in [0.1, 0.15) is 75.7 Å². The Bertz CT molecular complexity index is 948. The van der Waals surface area contributed by atoms with Crippen molar-refractivity contribution in [3.8, 4) is 17.7 Å². The number of nitrogens with one attached hydrogen (secondary N) is 1. The van der Waals surface area contributed by atoms with Crippen LogP contribution in [-0.2, 0) is 0 Å². The number of urea groups is 1. The fourth-order valence-corrected chi connectivity index (χ4v) is 4.45. The third-order valence-corrected chi connectivity index (χ3v) is 6.75. The lowest BCUT2D eigenvalue weighted by Gasteiger charge is -2.37. The van der Waals surface area contributed by atoms with Crippen molar-refractivity contribution in [2.45, 2.75) is 78.0 Å². The van der Waals surface area contributed by atoms with Crippen LogP contribution < -0.4 is 10.1 Å². The number of fused-ring (bicyclic) bond motifs is 1. The van der Waals surface area contributed by atoms with E-state index in [1.54, 1.807) is 29.1 Å². The number of aromatic nitrogens is 1. The predicted octanol–water partition coefficient (Wildman–Crippen LogP) is 3.28. The van der Waals surface area contributed by atoms with E-state index in [0.717, 1.165) is 32.1 Å². The summed E-state index contributed by atoms with van der Waals surface area (Å²) in [5.41, 5.74) is 0.979. The Morgan fingerprint density at radius 2 is 2.06 bits per heavy atom. The zero-order valence-corrected chi connectivity index (χ0v) is 21.7. The molecule has 3 amide bonds. The van der Waals surface area contributed by atoms with E-state index >= 15 is 0 Å².